The fourth-order valence-electron chi connectivity index (χ4n) is 2.10. The van der Waals surface area contributed by atoms with Crippen molar-refractivity contribution >= 4 is 16.0 Å². The molecule has 0 aliphatic carbocycles. The summed E-state index contributed by atoms with van der Waals surface area (Å²) in [6.07, 6.45) is 2.59. The lowest BCUT2D eigenvalue weighted by molar-refractivity contribution is 0.0604. The Kier molecular flexibility index (Phi) is 3.93. The van der Waals surface area contributed by atoms with Crippen molar-refractivity contribution < 1.29 is 23.1 Å². The van der Waals surface area contributed by atoms with E-state index >= 15 is 0 Å². The van der Waals surface area contributed by atoms with Gasteiger partial charge >= 0.3 is 5.97 Å². The SMILES string of the molecule is COC1CCN(S(=O)(=O)c2c[nH]c(C(=O)O)c2)CC1. The monoisotopic (exact) mass is 288 g/mol. The van der Waals surface area contributed by atoms with Crippen molar-refractivity contribution in [2.24, 2.45) is 0 Å². The zero-order valence-electron chi connectivity index (χ0n) is 10.5. The van der Waals surface area contributed by atoms with Crippen molar-refractivity contribution in [3.63, 3.8) is 0 Å². The minimum atomic E-state index is -3.62. The average molecular weight is 288 g/mol. The van der Waals surface area contributed by atoms with Crippen molar-refractivity contribution in [3.8, 4) is 0 Å². The highest BCUT2D eigenvalue weighted by atomic mass is 32.2. The minimum absolute atomic E-state index is 0.0132. The number of carbonyl (C=O) groups is 1. The minimum Gasteiger partial charge on any atom is -0.477 e. The maximum Gasteiger partial charge on any atom is 0.352 e. The summed E-state index contributed by atoms with van der Waals surface area (Å²) in [4.78, 5) is 13.2. The third kappa shape index (κ3) is 2.80. The lowest BCUT2D eigenvalue weighted by atomic mass is 10.1. The Hall–Kier alpha value is -1.38. The predicted octanol–water partition coefficient (Wildman–Crippen LogP) is 0.512. The highest BCUT2D eigenvalue weighted by molar-refractivity contribution is 7.89. The van der Waals surface area contributed by atoms with Crippen molar-refractivity contribution in [1.82, 2.24) is 9.29 Å². The van der Waals surface area contributed by atoms with Crippen LogP contribution in [0.3, 0.4) is 0 Å². The summed E-state index contributed by atoms with van der Waals surface area (Å²) in [7, 11) is -2.01. The number of hydrogen-bond donors (Lipinski definition) is 2. The highest BCUT2D eigenvalue weighted by Gasteiger charge is 2.30. The third-order valence-corrected chi connectivity index (χ3v) is 5.14. The lowest BCUT2D eigenvalue weighted by Gasteiger charge is -2.30. The first-order chi connectivity index (χ1) is 8.95. The average Bonchev–Trinajstić information content (AvgIpc) is 2.89. The molecule has 0 aromatic carbocycles. The van der Waals surface area contributed by atoms with Crippen molar-refractivity contribution in [1.29, 1.82) is 0 Å². The molecule has 2 heterocycles. The molecular weight excluding hydrogens is 272 g/mol. The fourth-order valence-corrected chi connectivity index (χ4v) is 3.57. The Bertz CT molecular complexity index is 557. The van der Waals surface area contributed by atoms with E-state index in [2.05, 4.69) is 4.98 Å². The van der Waals surface area contributed by atoms with E-state index in [0.717, 1.165) is 6.07 Å². The van der Waals surface area contributed by atoms with Crippen LogP contribution in [0.1, 0.15) is 23.3 Å². The molecule has 7 nitrogen and oxygen atoms in total. The summed E-state index contributed by atoms with van der Waals surface area (Å²) in [5.41, 5.74) is -0.134. The van der Waals surface area contributed by atoms with Gasteiger partial charge in [0.05, 0.1) is 6.10 Å². The van der Waals surface area contributed by atoms with Gasteiger partial charge in [0.15, 0.2) is 0 Å². The fraction of sp³-hybridized carbons (Fsp3) is 0.545. The molecule has 2 rings (SSSR count). The summed E-state index contributed by atoms with van der Waals surface area (Å²) in [6, 6.07) is 1.14. The van der Waals surface area contributed by atoms with Crippen LogP contribution in [0.25, 0.3) is 0 Å². The zero-order chi connectivity index (χ0) is 14.0. The normalized spacial score (nSPS) is 18.6. The quantitative estimate of drug-likeness (QED) is 0.841. The second kappa shape index (κ2) is 5.32. The van der Waals surface area contributed by atoms with Gasteiger partial charge in [0, 0.05) is 26.4 Å². The van der Waals surface area contributed by atoms with Crippen LogP contribution in [0.4, 0.5) is 0 Å². The highest BCUT2D eigenvalue weighted by Crippen LogP contribution is 2.22. The third-order valence-electron chi connectivity index (χ3n) is 3.26. The number of hydrogen-bond acceptors (Lipinski definition) is 4. The Balaban J connectivity index is 2.16. The first kappa shape index (κ1) is 14.0. The number of nitrogens with zero attached hydrogens (tertiary/aromatic N) is 1. The number of carboxylic acid groups (broad SMARTS) is 1. The van der Waals surface area contributed by atoms with E-state index in [1.165, 1.54) is 10.5 Å². The molecule has 1 aliphatic rings. The molecule has 8 heteroatoms. The van der Waals surface area contributed by atoms with Gasteiger partial charge in [0.2, 0.25) is 10.0 Å². The molecule has 2 N–H and O–H groups in total. The van der Waals surface area contributed by atoms with Crippen LogP contribution >= 0.6 is 0 Å². The molecular formula is C11H16N2O5S. The number of aromatic carboxylic acids is 1. The molecule has 0 spiro atoms. The molecule has 1 aromatic rings. The van der Waals surface area contributed by atoms with Gasteiger partial charge in [-0.3, -0.25) is 0 Å². The van der Waals surface area contributed by atoms with Crippen LogP contribution in [0, 0.1) is 0 Å². The molecule has 1 aliphatic heterocycles. The summed E-state index contributed by atoms with van der Waals surface area (Å²) in [5.74, 6) is -1.18. The molecule has 0 atom stereocenters. The lowest BCUT2D eigenvalue weighted by Crippen LogP contribution is -2.40. The Morgan fingerprint density at radius 3 is 2.58 bits per heavy atom. The van der Waals surface area contributed by atoms with Crippen molar-refractivity contribution in [3.05, 3.63) is 18.0 Å². The molecule has 106 valence electrons. The van der Waals surface area contributed by atoms with Gasteiger partial charge in [0.25, 0.3) is 0 Å². The number of nitrogens with one attached hydrogen (secondary N) is 1. The van der Waals surface area contributed by atoms with E-state index in [0.29, 0.717) is 25.9 Å². The smallest absolute Gasteiger partial charge is 0.352 e. The number of aromatic nitrogens is 1. The van der Waals surface area contributed by atoms with Gasteiger partial charge in [-0.25, -0.2) is 13.2 Å². The molecule has 19 heavy (non-hydrogen) atoms. The molecule has 1 saturated heterocycles. The molecule has 1 fully saturated rings. The van der Waals surface area contributed by atoms with Gasteiger partial charge < -0.3 is 14.8 Å². The van der Waals surface area contributed by atoms with Crippen LogP contribution in [-0.4, -0.2) is 55.1 Å². The topological polar surface area (TPSA) is 99.7 Å². The van der Waals surface area contributed by atoms with E-state index in [9.17, 15) is 13.2 Å². The second-order valence-corrected chi connectivity index (χ2v) is 6.33. The molecule has 0 unspecified atom stereocenters. The molecule has 1 aromatic heterocycles. The Labute approximate surface area is 111 Å². The number of carboxylic acids is 1. The van der Waals surface area contributed by atoms with Gasteiger partial charge in [0.1, 0.15) is 10.6 Å². The number of rotatable bonds is 4. The van der Waals surface area contributed by atoms with E-state index in [1.807, 2.05) is 0 Å². The summed E-state index contributed by atoms with van der Waals surface area (Å²) in [6.45, 7) is 0.767. The van der Waals surface area contributed by atoms with E-state index in [4.69, 9.17) is 9.84 Å². The number of aromatic amines is 1. The summed E-state index contributed by atoms with van der Waals surface area (Å²) >= 11 is 0. The van der Waals surface area contributed by atoms with Gasteiger partial charge in [-0.15, -0.1) is 0 Å². The molecule has 0 radical (unpaired) electrons. The first-order valence-corrected chi connectivity index (χ1v) is 7.34. The molecule has 0 amide bonds. The summed E-state index contributed by atoms with van der Waals surface area (Å²) < 4.78 is 31.1. The summed E-state index contributed by atoms with van der Waals surface area (Å²) in [5, 5.41) is 8.78. The number of methoxy groups -OCH3 is 1. The van der Waals surface area contributed by atoms with E-state index in [-0.39, 0.29) is 16.7 Å². The van der Waals surface area contributed by atoms with Crippen LogP contribution in [0.15, 0.2) is 17.2 Å². The number of H-pyrrole nitrogens is 1. The maximum atomic E-state index is 12.3. The number of ether oxygens (including phenoxy) is 1. The Morgan fingerprint density at radius 1 is 1.47 bits per heavy atom. The van der Waals surface area contributed by atoms with Gasteiger partial charge in [-0.1, -0.05) is 0 Å². The van der Waals surface area contributed by atoms with Crippen LogP contribution in [0.2, 0.25) is 0 Å². The standard InChI is InChI=1S/C11H16N2O5S/c1-18-8-2-4-13(5-3-8)19(16,17)9-6-10(11(14)15)12-7-9/h6-8,12H,2-5H2,1H3,(H,14,15). The predicted molar refractivity (Wildman–Crippen MR) is 66.5 cm³/mol. The van der Waals surface area contributed by atoms with E-state index in [1.54, 1.807) is 7.11 Å². The van der Waals surface area contributed by atoms with Gasteiger partial charge in [-0.2, -0.15) is 4.31 Å². The van der Waals surface area contributed by atoms with Crippen molar-refractivity contribution in [2.45, 2.75) is 23.8 Å². The Morgan fingerprint density at radius 2 is 2.11 bits per heavy atom. The van der Waals surface area contributed by atoms with Crippen LogP contribution in [-0.2, 0) is 14.8 Å². The maximum absolute atomic E-state index is 12.3. The first-order valence-electron chi connectivity index (χ1n) is 5.90. The number of sulfonamides is 1. The van der Waals surface area contributed by atoms with Gasteiger partial charge in [-0.05, 0) is 18.9 Å². The van der Waals surface area contributed by atoms with Crippen molar-refractivity contribution in [2.75, 3.05) is 20.2 Å². The molecule has 0 bridgehead atoms. The van der Waals surface area contributed by atoms with Crippen LogP contribution < -0.4 is 0 Å². The molecule has 0 saturated carbocycles. The second-order valence-electron chi connectivity index (χ2n) is 4.39. The van der Waals surface area contributed by atoms with E-state index < -0.39 is 16.0 Å². The van der Waals surface area contributed by atoms with Crippen LogP contribution in [0.5, 0.6) is 0 Å². The zero-order valence-corrected chi connectivity index (χ0v) is 11.3. The largest absolute Gasteiger partial charge is 0.477 e. The number of piperidine rings is 1.